The van der Waals surface area contributed by atoms with Crippen LogP contribution in [0.3, 0.4) is 0 Å². The highest BCUT2D eigenvalue weighted by molar-refractivity contribution is 7.17. The lowest BCUT2D eigenvalue weighted by Gasteiger charge is -2.14. The van der Waals surface area contributed by atoms with Crippen LogP contribution in [-0.4, -0.2) is 57.3 Å². The maximum Gasteiger partial charge on any atom is 0.295 e. The number of aromatic nitrogens is 6. The molecule has 1 aliphatic heterocycles. The molecule has 0 atom stereocenters. The molecule has 6 aromatic rings. The van der Waals surface area contributed by atoms with Gasteiger partial charge in [-0.3, -0.25) is 30.0 Å². The summed E-state index contributed by atoms with van der Waals surface area (Å²) in [4.78, 5) is 43.8. The Balaban J connectivity index is 1.21. The number of hydrogen-bond acceptors (Lipinski definition) is 12. The SMILES string of the molecule is COc1nnc(NC(=O)c2cnc(C)cc2-c2ccc(C[n+]3cc(C(=O)Nc4nnc(OC)s4)c(-c4ccc5c(c4)CNC5=O)cc3C)c(C)c2)s1. The third-order valence-electron chi connectivity index (χ3n) is 8.61. The van der Waals surface area contributed by atoms with Crippen LogP contribution in [0, 0.1) is 20.8 Å². The lowest BCUT2D eigenvalue weighted by atomic mass is 9.95. The van der Waals surface area contributed by atoms with E-state index in [1.165, 1.54) is 14.2 Å². The average Bonchev–Trinajstić information content (AvgIpc) is 3.89. The number of benzene rings is 2. The van der Waals surface area contributed by atoms with Crippen LogP contribution >= 0.6 is 22.7 Å². The summed E-state index contributed by atoms with van der Waals surface area (Å²) in [6.07, 6.45) is 3.39. The summed E-state index contributed by atoms with van der Waals surface area (Å²) < 4.78 is 12.3. The molecule has 3 amide bonds. The summed E-state index contributed by atoms with van der Waals surface area (Å²) in [7, 11) is 2.98. The van der Waals surface area contributed by atoms with Crippen LogP contribution in [0.25, 0.3) is 22.3 Å². The van der Waals surface area contributed by atoms with E-state index in [1.807, 2.05) is 74.0 Å². The van der Waals surface area contributed by atoms with Crippen molar-refractivity contribution in [3.05, 3.63) is 106 Å². The summed E-state index contributed by atoms with van der Waals surface area (Å²) >= 11 is 2.25. The zero-order valence-corrected chi connectivity index (χ0v) is 30.4. The van der Waals surface area contributed by atoms with Gasteiger partial charge in [-0.25, -0.2) is 0 Å². The second kappa shape index (κ2) is 14.2. The van der Waals surface area contributed by atoms with E-state index in [0.717, 1.165) is 67.4 Å². The molecule has 5 heterocycles. The van der Waals surface area contributed by atoms with Gasteiger partial charge in [0.25, 0.3) is 28.1 Å². The number of carbonyl (C=O) groups is 3. The smallest absolute Gasteiger partial charge is 0.295 e. The molecule has 3 N–H and O–H groups in total. The highest BCUT2D eigenvalue weighted by atomic mass is 32.1. The molecule has 4 aromatic heterocycles. The van der Waals surface area contributed by atoms with Gasteiger partial charge < -0.3 is 14.8 Å². The third-order valence-corrected chi connectivity index (χ3v) is 10.2. The summed E-state index contributed by atoms with van der Waals surface area (Å²) in [5.41, 5.74) is 9.10. The molecule has 262 valence electrons. The van der Waals surface area contributed by atoms with Crippen molar-refractivity contribution >= 4 is 50.7 Å². The Kier molecular flexibility index (Phi) is 9.40. The molecule has 52 heavy (non-hydrogen) atoms. The zero-order valence-electron chi connectivity index (χ0n) is 28.7. The topological polar surface area (TPSA) is 174 Å². The van der Waals surface area contributed by atoms with Gasteiger partial charge in [-0.1, -0.05) is 34.5 Å². The fourth-order valence-corrected chi connectivity index (χ4v) is 7.02. The van der Waals surface area contributed by atoms with E-state index in [2.05, 4.69) is 41.3 Å². The van der Waals surface area contributed by atoms with Gasteiger partial charge in [0.1, 0.15) is 5.56 Å². The Morgan fingerprint density at radius 1 is 0.808 bits per heavy atom. The predicted molar refractivity (Wildman–Crippen MR) is 195 cm³/mol. The highest BCUT2D eigenvalue weighted by Gasteiger charge is 2.25. The summed E-state index contributed by atoms with van der Waals surface area (Å²) in [5, 5.41) is 25.6. The number of hydrogen-bond donors (Lipinski definition) is 3. The molecule has 0 aliphatic carbocycles. The Morgan fingerprint density at radius 2 is 1.44 bits per heavy atom. The Labute approximate surface area is 305 Å². The third kappa shape index (κ3) is 6.93. The van der Waals surface area contributed by atoms with Gasteiger partial charge in [0.15, 0.2) is 18.4 Å². The van der Waals surface area contributed by atoms with Gasteiger partial charge in [-0.2, -0.15) is 4.57 Å². The van der Waals surface area contributed by atoms with E-state index in [4.69, 9.17) is 9.47 Å². The van der Waals surface area contributed by atoms with Crippen molar-refractivity contribution < 1.29 is 28.4 Å². The minimum absolute atomic E-state index is 0.110. The van der Waals surface area contributed by atoms with Crippen molar-refractivity contribution in [3.63, 3.8) is 0 Å². The van der Waals surface area contributed by atoms with Crippen LogP contribution in [0.4, 0.5) is 10.3 Å². The monoisotopic (exact) mass is 734 g/mol. The first-order chi connectivity index (χ1) is 25.1. The fourth-order valence-electron chi connectivity index (χ4n) is 5.90. The second-order valence-corrected chi connectivity index (χ2v) is 13.9. The van der Waals surface area contributed by atoms with Gasteiger partial charge in [0.2, 0.25) is 10.3 Å². The van der Waals surface area contributed by atoms with Gasteiger partial charge in [-0.15, -0.1) is 10.2 Å². The van der Waals surface area contributed by atoms with Gasteiger partial charge >= 0.3 is 0 Å². The zero-order chi connectivity index (χ0) is 36.5. The first-order valence-corrected chi connectivity index (χ1v) is 17.6. The van der Waals surface area contributed by atoms with Crippen molar-refractivity contribution in [1.29, 1.82) is 0 Å². The molecular formula is C36H32N9O5S2+. The lowest BCUT2D eigenvalue weighted by Crippen LogP contribution is -2.39. The van der Waals surface area contributed by atoms with Gasteiger partial charge in [0, 0.05) is 48.1 Å². The largest absolute Gasteiger partial charge is 0.472 e. The standard InChI is InChI=1S/C36H31N9O5S2/c1-18-10-21(26-11-19(2)37-15-28(26)31(47)39-33-41-43-35(49-4)51-33)6-7-23(18)16-45-17-29(32(48)40-34-42-44-36(50-5)52-34)27(12-20(45)3)22-8-9-25-24(13-22)14-38-30(25)46/h6-13,15,17H,14,16H2,1-5H3,(H2-,38,39,40,41,42,46,47,48)/p+1. The Morgan fingerprint density at radius 3 is 2.10 bits per heavy atom. The van der Waals surface area contributed by atoms with Crippen LogP contribution in [0.15, 0.2) is 60.9 Å². The number of amides is 3. The predicted octanol–water partition coefficient (Wildman–Crippen LogP) is 5.14. The van der Waals surface area contributed by atoms with Crippen LogP contribution < -0.4 is 30.0 Å². The molecule has 0 saturated heterocycles. The molecule has 0 saturated carbocycles. The number of carbonyl (C=O) groups excluding carboxylic acids is 3. The van der Waals surface area contributed by atoms with Crippen molar-refractivity contribution in [2.24, 2.45) is 0 Å². The number of rotatable bonds is 10. The molecule has 0 spiro atoms. The number of nitrogens with zero attached hydrogens (tertiary/aromatic N) is 6. The molecule has 2 aromatic carbocycles. The molecule has 14 nitrogen and oxygen atoms in total. The number of nitrogens with one attached hydrogen (secondary N) is 3. The van der Waals surface area contributed by atoms with E-state index in [-0.39, 0.29) is 17.7 Å². The van der Waals surface area contributed by atoms with Crippen molar-refractivity contribution in [2.75, 3.05) is 24.9 Å². The molecule has 0 bridgehead atoms. The van der Waals surface area contributed by atoms with E-state index in [0.29, 0.717) is 56.0 Å². The van der Waals surface area contributed by atoms with E-state index in [1.54, 1.807) is 12.3 Å². The number of fused-ring (bicyclic) bond motifs is 1. The minimum Gasteiger partial charge on any atom is -0.472 e. The van der Waals surface area contributed by atoms with E-state index in [9.17, 15) is 14.4 Å². The summed E-state index contributed by atoms with van der Waals surface area (Å²) in [5.74, 6) is -0.838. The van der Waals surface area contributed by atoms with E-state index >= 15 is 0 Å². The summed E-state index contributed by atoms with van der Waals surface area (Å²) in [6.45, 7) is 6.77. The van der Waals surface area contributed by atoms with Crippen molar-refractivity contribution in [1.82, 2.24) is 30.7 Å². The Hall–Kier alpha value is -6.13. The molecule has 1 aliphatic rings. The number of aryl methyl sites for hydroxylation is 3. The molecule has 7 rings (SSSR count). The first-order valence-electron chi connectivity index (χ1n) is 16.0. The number of anilines is 2. The number of pyridine rings is 2. The first kappa shape index (κ1) is 34.3. The van der Waals surface area contributed by atoms with Gasteiger partial charge in [-0.05, 0) is 82.5 Å². The molecule has 0 unspecified atom stereocenters. The van der Waals surface area contributed by atoms with Crippen LogP contribution in [0.2, 0.25) is 0 Å². The summed E-state index contributed by atoms with van der Waals surface area (Å²) in [6, 6.07) is 15.5. The van der Waals surface area contributed by atoms with Crippen LogP contribution in [-0.2, 0) is 13.1 Å². The quantitative estimate of drug-likeness (QED) is 0.160. The average molecular weight is 735 g/mol. The van der Waals surface area contributed by atoms with Crippen LogP contribution in [0.1, 0.15) is 59.2 Å². The van der Waals surface area contributed by atoms with Gasteiger partial charge in [0.05, 0.1) is 19.8 Å². The highest BCUT2D eigenvalue weighted by Crippen LogP contribution is 2.31. The minimum atomic E-state index is -0.366. The number of methoxy groups -OCH3 is 2. The van der Waals surface area contributed by atoms with Crippen molar-refractivity contribution in [2.45, 2.75) is 33.9 Å². The van der Waals surface area contributed by atoms with Crippen LogP contribution in [0.5, 0.6) is 10.4 Å². The van der Waals surface area contributed by atoms with E-state index < -0.39 is 0 Å². The fraction of sp³-hybridized carbons (Fsp3) is 0.194. The molecule has 0 radical (unpaired) electrons. The molecule has 0 fully saturated rings. The normalized spacial score (nSPS) is 11.9. The van der Waals surface area contributed by atoms with Crippen molar-refractivity contribution in [3.8, 4) is 32.6 Å². The number of ether oxygens (including phenoxy) is 2. The molecular weight excluding hydrogens is 703 g/mol. The molecule has 16 heteroatoms. The maximum absolute atomic E-state index is 13.9. The lowest BCUT2D eigenvalue weighted by molar-refractivity contribution is -0.694. The Bertz CT molecular complexity index is 2390. The second-order valence-electron chi connectivity index (χ2n) is 12.0. The maximum atomic E-state index is 13.9.